The molecule has 0 aliphatic heterocycles. The minimum Gasteiger partial charge on any atom is -0.0813 e. The number of hydrogen-bond donors (Lipinski definition) is 0. The Morgan fingerprint density at radius 3 is 2.00 bits per heavy atom. The second-order valence-electron chi connectivity index (χ2n) is 5.11. The Kier molecular flexibility index (Phi) is 3.41. The van der Waals surface area contributed by atoms with Crippen molar-refractivity contribution in [2.75, 3.05) is 0 Å². The van der Waals surface area contributed by atoms with Gasteiger partial charge in [0.15, 0.2) is 6.71 Å². The van der Waals surface area contributed by atoms with Gasteiger partial charge in [-0.3, -0.25) is 0 Å². The van der Waals surface area contributed by atoms with Crippen LogP contribution >= 0.6 is 0 Å². The Bertz CT molecular complexity index is 275. The first-order chi connectivity index (χ1) is 6.46. The molecule has 76 valence electrons. The number of benzene rings is 1. The first-order valence-corrected chi connectivity index (χ1v) is 5.51. The molecule has 0 atom stereocenters. The van der Waals surface area contributed by atoms with Crippen molar-refractivity contribution in [1.29, 1.82) is 0 Å². The van der Waals surface area contributed by atoms with E-state index in [-0.39, 0.29) is 0 Å². The summed E-state index contributed by atoms with van der Waals surface area (Å²) in [5.41, 5.74) is 1.45. The van der Waals surface area contributed by atoms with Crippen LogP contribution in [0.3, 0.4) is 0 Å². The average Bonchev–Trinajstić information content (AvgIpc) is 2.17. The summed E-state index contributed by atoms with van der Waals surface area (Å²) in [4.78, 5) is 0. The van der Waals surface area contributed by atoms with Crippen molar-refractivity contribution in [2.24, 2.45) is 5.92 Å². The van der Waals surface area contributed by atoms with Crippen molar-refractivity contribution in [3.63, 3.8) is 0 Å². The molecule has 0 fully saturated rings. The minimum absolute atomic E-state index is 0.362. The molecule has 0 heterocycles. The summed E-state index contributed by atoms with van der Waals surface area (Å²) in [5.74, 6) is 0.706. The van der Waals surface area contributed by atoms with Crippen LogP contribution < -0.4 is 5.46 Å². The average molecular weight is 188 g/mol. The van der Waals surface area contributed by atoms with E-state index >= 15 is 0 Å². The fraction of sp³-hybridized carbons (Fsp3) is 0.538. The molecule has 1 aromatic carbocycles. The molecular weight excluding hydrogens is 167 g/mol. The predicted octanol–water partition coefficient (Wildman–Crippen LogP) is 3.45. The summed E-state index contributed by atoms with van der Waals surface area (Å²) in [6.07, 6.45) is 0. The molecule has 0 nitrogen and oxygen atoms in total. The number of hydrogen-bond acceptors (Lipinski definition) is 0. The molecule has 0 aromatic heterocycles. The van der Waals surface area contributed by atoms with Crippen molar-refractivity contribution in [3.8, 4) is 0 Å². The van der Waals surface area contributed by atoms with Crippen molar-refractivity contribution in [3.05, 3.63) is 30.3 Å². The zero-order chi connectivity index (χ0) is 10.8. The molecular formula is C13H21B. The van der Waals surface area contributed by atoms with Crippen LogP contribution in [0.2, 0.25) is 12.1 Å². The summed E-state index contributed by atoms with van der Waals surface area (Å²) in [5, 5.41) is 0.362. The third kappa shape index (κ3) is 2.20. The van der Waals surface area contributed by atoms with Crippen LogP contribution in [0.1, 0.15) is 27.7 Å². The summed E-state index contributed by atoms with van der Waals surface area (Å²) < 4.78 is 0. The second-order valence-corrected chi connectivity index (χ2v) is 5.11. The summed E-state index contributed by atoms with van der Waals surface area (Å²) >= 11 is 0. The van der Waals surface area contributed by atoms with Crippen LogP contribution in [-0.4, -0.2) is 6.71 Å². The van der Waals surface area contributed by atoms with Gasteiger partial charge in [-0.15, -0.1) is 0 Å². The predicted molar refractivity (Wildman–Crippen MR) is 66.6 cm³/mol. The van der Waals surface area contributed by atoms with E-state index in [1.807, 2.05) is 0 Å². The normalized spacial score (nSPS) is 11.9. The third-order valence-corrected chi connectivity index (χ3v) is 3.90. The molecule has 0 saturated heterocycles. The smallest absolute Gasteiger partial charge is 0.0813 e. The fourth-order valence-electron chi connectivity index (χ4n) is 1.67. The van der Waals surface area contributed by atoms with Gasteiger partial charge in [-0.1, -0.05) is 70.3 Å². The first kappa shape index (κ1) is 11.4. The molecule has 0 N–H and O–H groups in total. The summed E-state index contributed by atoms with van der Waals surface area (Å²) in [6.45, 7) is 12.3. The fourth-order valence-corrected chi connectivity index (χ4v) is 1.67. The topological polar surface area (TPSA) is 0 Å². The van der Waals surface area contributed by atoms with Crippen LogP contribution in [0.5, 0.6) is 0 Å². The Balaban J connectivity index is 2.90. The highest BCUT2D eigenvalue weighted by atomic mass is 14.2. The van der Waals surface area contributed by atoms with Crippen LogP contribution in [0.15, 0.2) is 30.3 Å². The van der Waals surface area contributed by atoms with Crippen molar-refractivity contribution in [2.45, 2.75) is 39.8 Å². The lowest BCUT2D eigenvalue weighted by atomic mass is 9.30. The summed E-state index contributed by atoms with van der Waals surface area (Å²) in [6, 6.07) is 10.8. The molecule has 0 aliphatic carbocycles. The molecule has 14 heavy (non-hydrogen) atoms. The maximum Gasteiger partial charge on any atom is 0.178 e. The van der Waals surface area contributed by atoms with E-state index < -0.39 is 0 Å². The van der Waals surface area contributed by atoms with Gasteiger partial charge in [-0.25, -0.2) is 0 Å². The van der Waals surface area contributed by atoms with Crippen molar-refractivity contribution in [1.82, 2.24) is 0 Å². The van der Waals surface area contributed by atoms with E-state index in [1.54, 1.807) is 0 Å². The number of rotatable bonds is 3. The lowest BCUT2D eigenvalue weighted by Gasteiger charge is -2.34. The van der Waals surface area contributed by atoms with Crippen LogP contribution in [0.4, 0.5) is 0 Å². The van der Waals surface area contributed by atoms with Gasteiger partial charge in [0.05, 0.1) is 0 Å². The van der Waals surface area contributed by atoms with E-state index in [4.69, 9.17) is 0 Å². The maximum absolute atomic E-state index is 2.36. The SMILES string of the molecule is CB(c1ccccc1)C(C)(C)C(C)C. The van der Waals surface area contributed by atoms with E-state index in [0.717, 1.165) is 0 Å². The van der Waals surface area contributed by atoms with Crippen molar-refractivity contribution >= 4 is 12.2 Å². The van der Waals surface area contributed by atoms with Gasteiger partial charge in [0.2, 0.25) is 0 Å². The molecule has 0 radical (unpaired) electrons. The van der Waals surface area contributed by atoms with E-state index in [0.29, 0.717) is 17.9 Å². The first-order valence-electron chi connectivity index (χ1n) is 5.51. The highest BCUT2D eigenvalue weighted by molar-refractivity contribution is 6.74. The Morgan fingerprint density at radius 2 is 1.57 bits per heavy atom. The van der Waals surface area contributed by atoms with Gasteiger partial charge in [0.25, 0.3) is 0 Å². The van der Waals surface area contributed by atoms with E-state index in [1.165, 1.54) is 5.46 Å². The van der Waals surface area contributed by atoms with Crippen LogP contribution in [-0.2, 0) is 0 Å². The van der Waals surface area contributed by atoms with Gasteiger partial charge in [-0.2, -0.15) is 0 Å². The summed E-state index contributed by atoms with van der Waals surface area (Å²) in [7, 11) is 0. The van der Waals surface area contributed by atoms with Gasteiger partial charge >= 0.3 is 0 Å². The Labute approximate surface area is 88.8 Å². The molecule has 0 saturated carbocycles. The van der Waals surface area contributed by atoms with Gasteiger partial charge < -0.3 is 0 Å². The monoisotopic (exact) mass is 188 g/mol. The quantitative estimate of drug-likeness (QED) is 0.637. The van der Waals surface area contributed by atoms with Crippen molar-refractivity contribution < 1.29 is 0 Å². The molecule has 0 unspecified atom stereocenters. The van der Waals surface area contributed by atoms with Gasteiger partial charge in [-0.05, 0) is 11.2 Å². The lowest BCUT2D eigenvalue weighted by molar-refractivity contribution is 0.470. The molecule has 0 amide bonds. The zero-order valence-corrected chi connectivity index (χ0v) is 10.0. The second kappa shape index (κ2) is 4.21. The van der Waals surface area contributed by atoms with E-state index in [9.17, 15) is 0 Å². The third-order valence-electron chi connectivity index (χ3n) is 3.90. The molecule has 1 aromatic rings. The minimum atomic E-state index is 0.362. The highest BCUT2D eigenvalue weighted by Crippen LogP contribution is 2.36. The highest BCUT2D eigenvalue weighted by Gasteiger charge is 2.32. The molecule has 0 aliphatic rings. The Hall–Kier alpha value is -0.715. The van der Waals surface area contributed by atoms with Crippen LogP contribution in [0, 0.1) is 5.92 Å². The van der Waals surface area contributed by atoms with E-state index in [2.05, 4.69) is 64.8 Å². The zero-order valence-electron chi connectivity index (χ0n) is 10.0. The molecule has 0 spiro atoms. The molecule has 1 rings (SSSR count). The lowest BCUT2D eigenvalue weighted by Crippen LogP contribution is -2.39. The molecule has 0 bridgehead atoms. The Morgan fingerprint density at radius 1 is 1.07 bits per heavy atom. The maximum atomic E-state index is 2.36. The largest absolute Gasteiger partial charge is 0.178 e. The van der Waals surface area contributed by atoms with Gasteiger partial charge in [0, 0.05) is 0 Å². The van der Waals surface area contributed by atoms with Gasteiger partial charge in [0.1, 0.15) is 0 Å². The standard InChI is InChI=1S/C13H21B/c1-11(2)13(3,4)14(5)12-9-7-6-8-10-12/h6-11H,1-5H3. The van der Waals surface area contributed by atoms with Crippen LogP contribution in [0.25, 0.3) is 0 Å². The molecule has 1 heteroatoms.